The molecule has 0 aliphatic rings. The first kappa shape index (κ1) is 18.1. The maximum Gasteiger partial charge on any atom is 0.342 e. The molecule has 0 saturated carbocycles. The number of amides is 1. The van der Waals surface area contributed by atoms with Crippen LogP contribution in [0.25, 0.3) is 0 Å². The van der Waals surface area contributed by atoms with Gasteiger partial charge in [0, 0.05) is 0 Å². The fourth-order valence-electron chi connectivity index (χ4n) is 2.07. The summed E-state index contributed by atoms with van der Waals surface area (Å²) in [6.07, 6.45) is -1.08. The number of aromatic hydroxyl groups is 1. The molecule has 7 heteroatoms. The van der Waals surface area contributed by atoms with Crippen LogP contribution in [0, 0.1) is 0 Å². The van der Waals surface area contributed by atoms with E-state index >= 15 is 0 Å². The normalized spacial score (nSPS) is 11.3. The Morgan fingerprint density at radius 1 is 1.08 bits per heavy atom. The lowest BCUT2D eigenvalue weighted by Crippen LogP contribution is -2.30. The lowest BCUT2D eigenvalue weighted by atomic mass is 10.2. The molecule has 0 aliphatic heterocycles. The monoisotopic (exact) mass is 345 g/mol. The number of phenols is 1. The summed E-state index contributed by atoms with van der Waals surface area (Å²) in [5, 5.41) is 12.4. The van der Waals surface area contributed by atoms with E-state index in [1.165, 1.54) is 39.3 Å². The molecule has 25 heavy (non-hydrogen) atoms. The number of methoxy groups -OCH3 is 2. The van der Waals surface area contributed by atoms with Crippen LogP contribution in [0.2, 0.25) is 0 Å². The SMILES string of the molecule is COc1ccc(O)c(C(=O)O[C@H](C)C(=O)Nc2ccccc2OC)c1. The average Bonchev–Trinajstić information content (AvgIpc) is 2.62. The summed E-state index contributed by atoms with van der Waals surface area (Å²) in [6.45, 7) is 1.43. The van der Waals surface area contributed by atoms with Crippen molar-refractivity contribution >= 4 is 17.6 Å². The lowest BCUT2D eigenvalue weighted by molar-refractivity contribution is -0.123. The summed E-state index contributed by atoms with van der Waals surface area (Å²) in [5.74, 6) is -0.752. The van der Waals surface area contributed by atoms with Gasteiger partial charge in [-0.25, -0.2) is 4.79 Å². The summed E-state index contributed by atoms with van der Waals surface area (Å²) >= 11 is 0. The van der Waals surface area contributed by atoms with Crippen LogP contribution < -0.4 is 14.8 Å². The standard InChI is InChI=1S/C18H19NO6/c1-11(17(21)19-14-6-4-5-7-16(14)24-3)25-18(22)13-10-12(23-2)8-9-15(13)20/h4-11,20H,1-3H3,(H,19,21)/t11-/m1/s1. The van der Waals surface area contributed by atoms with E-state index in [-0.39, 0.29) is 11.3 Å². The second kappa shape index (κ2) is 8.05. The van der Waals surface area contributed by atoms with Gasteiger partial charge in [0.25, 0.3) is 5.91 Å². The topological polar surface area (TPSA) is 94.1 Å². The maximum absolute atomic E-state index is 12.2. The Bertz CT molecular complexity index is 774. The Morgan fingerprint density at radius 3 is 2.48 bits per heavy atom. The molecule has 1 amide bonds. The lowest BCUT2D eigenvalue weighted by Gasteiger charge is -2.15. The molecule has 0 saturated heterocycles. The minimum Gasteiger partial charge on any atom is -0.507 e. The Morgan fingerprint density at radius 2 is 1.80 bits per heavy atom. The summed E-state index contributed by atoms with van der Waals surface area (Å²) < 4.78 is 15.3. The van der Waals surface area contributed by atoms with Crippen molar-refractivity contribution < 1.29 is 28.9 Å². The molecule has 7 nitrogen and oxygen atoms in total. The number of phenolic OH excluding ortho intramolecular Hbond substituents is 1. The van der Waals surface area contributed by atoms with Crippen LogP contribution >= 0.6 is 0 Å². The van der Waals surface area contributed by atoms with Gasteiger partial charge in [-0.15, -0.1) is 0 Å². The highest BCUT2D eigenvalue weighted by molar-refractivity contribution is 5.99. The van der Waals surface area contributed by atoms with Crippen LogP contribution in [0.1, 0.15) is 17.3 Å². The molecule has 0 radical (unpaired) electrons. The van der Waals surface area contributed by atoms with Gasteiger partial charge in [0.05, 0.1) is 19.9 Å². The number of benzene rings is 2. The van der Waals surface area contributed by atoms with E-state index in [1.54, 1.807) is 24.3 Å². The van der Waals surface area contributed by atoms with Crippen molar-refractivity contribution in [2.75, 3.05) is 19.5 Å². The molecule has 2 aromatic rings. The van der Waals surface area contributed by atoms with Crippen molar-refractivity contribution in [2.45, 2.75) is 13.0 Å². The van der Waals surface area contributed by atoms with Gasteiger partial charge in [-0.2, -0.15) is 0 Å². The predicted octanol–water partition coefficient (Wildman–Crippen LogP) is 2.59. The van der Waals surface area contributed by atoms with Crippen molar-refractivity contribution in [3.63, 3.8) is 0 Å². The van der Waals surface area contributed by atoms with Crippen molar-refractivity contribution in [3.05, 3.63) is 48.0 Å². The van der Waals surface area contributed by atoms with Crippen LogP contribution in [0.5, 0.6) is 17.2 Å². The van der Waals surface area contributed by atoms with E-state index < -0.39 is 18.0 Å². The average molecular weight is 345 g/mol. The predicted molar refractivity (Wildman–Crippen MR) is 91.2 cm³/mol. The first-order valence-corrected chi connectivity index (χ1v) is 7.48. The molecule has 2 rings (SSSR count). The quantitative estimate of drug-likeness (QED) is 0.782. The van der Waals surface area contributed by atoms with E-state index in [0.29, 0.717) is 17.2 Å². The van der Waals surface area contributed by atoms with Gasteiger partial charge >= 0.3 is 5.97 Å². The van der Waals surface area contributed by atoms with Gasteiger partial charge in [-0.3, -0.25) is 4.79 Å². The van der Waals surface area contributed by atoms with Crippen molar-refractivity contribution in [3.8, 4) is 17.2 Å². The van der Waals surface area contributed by atoms with Crippen LogP contribution in [-0.4, -0.2) is 37.3 Å². The summed E-state index contributed by atoms with van der Waals surface area (Å²) in [7, 11) is 2.92. The number of nitrogens with one attached hydrogen (secondary N) is 1. The maximum atomic E-state index is 12.2. The molecule has 0 fully saturated rings. The molecule has 0 unspecified atom stereocenters. The van der Waals surface area contributed by atoms with Crippen LogP contribution in [0.4, 0.5) is 5.69 Å². The van der Waals surface area contributed by atoms with Crippen LogP contribution in [-0.2, 0) is 9.53 Å². The van der Waals surface area contributed by atoms with E-state index in [9.17, 15) is 14.7 Å². The summed E-state index contributed by atoms with van der Waals surface area (Å²) in [5.41, 5.74) is 0.374. The number of hydrogen-bond donors (Lipinski definition) is 2. The number of rotatable bonds is 6. The smallest absolute Gasteiger partial charge is 0.342 e. The molecule has 0 bridgehead atoms. The Hall–Kier alpha value is -3.22. The number of hydrogen-bond acceptors (Lipinski definition) is 6. The fourth-order valence-corrected chi connectivity index (χ4v) is 2.07. The van der Waals surface area contributed by atoms with Gasteiger partial charge in [-0.05, 0) is 37.3 Å². The third-order valence-corrected chi connectivity index (χ3v) is 3.44. The van der Waals surface area contributed by atoms with Crippen molar-refractivity contribution in [2.24, 2.45) is 0 Å². The number of carbonyl (C=O) groups is 2. The number of ether oxygens (including phenoxy) is 3. The Balaban J connectivity index is 2.07. The molecule has 2 N–H and O–H groups in total. The molecular weight excluding hydrogens is 326 g/mol. The highest BCUT2D eigenvalue weighted by Crippen LogP contribution is 2.25. The first-order chi connectivity index (χ1) is 12.0. The molecular formula is C18H19NO6. The third-order valence-electron chi connectivity index (χ3n) is 3.44. The minimum atomic E-state index is -1.08. The second-order valence-electron chi connectivity index (χ2n) is 5.12. The minimum absolute atomic E-state index is 0.0868. The summed E-state index contributed by atoms with van der Waals surface area (Å²) in [4.78, 5) is 24.4. The number of anilines is 1. The number of carbonyl (C=O) groups excluding carboxylic acids is 2. The highest BCUT2D eigenvalue weighted by Gasteiger charge is 2.22. The van der Waals surface area contributed by atoms with E-state index in [0.717, 1.165) is 0 Å². The van der Waals surface area contributed by atoms with Gasteiger partial charge in [0.1, 0.15) is 22.8 Å². The van der Waals surface area contributed by atoms with E-state index in [4.69, 9.17) is 14.2 Å². The Labute approximate surface area is 145 Å². The highest BCUT2D eigenvalue weighted by atomic mass is 16.5. The van der Waals surface area contributed by atoms with Crippen LogP contribution in [0.15, 0.2) is 42.5 Å². The molecule has 2 aromatic carbocycles. The van der Waals surface area contributed by atoms with Gasteiger partial charge in [0.2, 0.25) is 0 Å². The Kier molecular flexibility index (Phi) is 5.84. The fraction of sp³-hybridized carbons (Fsp3) is 0.222. The molecule has 132 valence electrons. The molecule has 0 heterocycles. The van der Waals surface area contributed by atoms with E-state index in [2.05, 4.69) is 5.32 Å². The van der Waals surface area contributed by atoms with Gasteiger partial charge in [-0.1, -0.05) is 12.1 Å². The number of para-hydroxylation sites is 2. The first-order valence-electron chi connectivity index (χ1n) is 7.48. The zero-order chi connectivity index (χ0) is 18.4. The third kappa shape index (κ3) is 4.41. The summed E-state index contributed by atoms with van der Waals surface area (Å²) in [6, 6.07) is 11.0. The zero-order valence-corrected chi connectivity index (χ0v) is 14.1. The van der Waals surface area contributed by atoms with E-state index in [1.807, 2.05) is 0 Å². The largest absolute Gasteiger partial charge is 0.507 e. The van der Waals surface area contributed by atoms with Crippen LogP contribution in [0.3, 0.4) is 0 Å². The van der Waals surface area contributed by atoms with Gasteiger partial charge < -0.3 is 24.6 Å². The van der Waals surface area contributed by atoms with Gasteiger partial charge in [0.15, 0.2) is 6.10 Å². The molecule has 0 aromatic heterocycles. The number of esters is 1. The van der Waals surface area contributed by atoms with Crippen molar-refractivity contribution in [1.82, 2.24) is 0 Å². The molecule has 0 spiro atoms. The second-order valence-corrected chi connectivity index (χ2v) is 5.12. The molecule has 0 aliphatic carbocycles. The van der Waals surface area contributed by atoms with Crippen molar-refractivity contribution in [1.29, 1.82) is 0 Å². The zero-order valence-electron chi connectivity index (χ0n) is 14.1. The molecule has 1 atom stereocenters.